The third kappa shape index (κ3) is 4.60. The van der Waals surface area contributed by atoms with E-state index in [1.54, 1.807) is 6.92 Å². The molecule has 1 aliphatic heterocycles. The lowest BCUT2D eigenvalue weighted by molar-refractivity contribution is -0.129. The van der Waals surface area contributed by atoms with E-state index in [0.717, 1.165) is 25.8 Å². The average Bonchev–Trinajstić information content (AvgIpc) is 2.74. The van der Waals surface area contributed by atoms with Gasteiger partial charge < -0.3 is 5.32 Å². The van der Waals surface area contributed by atoms with Gasteiger partial charge in [-0.25, -0.2) is 0 Å². The van der Waals surface area contributed by atoms with Gasteiger partial charge in [-0.1, -0.05) is 6.92 Å². The van der Waals surface area contributed by atoms with Crippen molar-refractivity contribution in [3.05, 3.63) is 0 Å². The van der Waals surface area contributed by atoms with Gasteiger partial charge in [-0.15, -0.1) is 0 Å². The zero-order valence-electron chi connectivity index (χ0n) is 13.0. The largest absolute Gasteiger partial charge is 0.350 e. The molecule has 0 radical (unpaired) electrons. The van der Waals surface area contributed by atoms with E-state index < -0.39 is 0 Å². The van der Waals surface area contributed by atoms with E-state index in [2.05, 4.69) is 17.1 Å². The third-order valence-electron chi connectivity index (χ3n) is 4.17. The highest BCUT2D eigenvalue weighted by atomic mass is 16.2. The van der Waals surface area contributed by atoms with Gasteiger partial charge in [0.25, 0.3) is 0 Å². The van der Waals surface area contributed by atoms with Crippen molar-refractivity contribution in [1.29, 1.82) is 0 Å². The van der Waals surface area contributed by atoms with Gasteiger partial charge in [0.05, 0.1) is 6.04 Å². The number of Topliss-reactive ketones (excluding diaryl/α,β-unsaturated/α-hetero) is 1. The van der Waals surface area contributed by atoms with Crippen molar-refractivity contribution in [2.24, 2.45) is 0 Å². The number of rotatable bonds is 6. The molecule has 0 aromatic heterocycles. The summed E-state index contributed by atoms with van der Waals surface area (Å²) in [6.45, 7) is 10.6. The fourth-order valence-electron chi connectivity index (χ4n) is 2.60. The molecule has 0 bridgehead atoms. The third-order valence-corrected chi connectivity index (χ3v) is 4.17. The molecule has 1 saturated heterocycles. The Kier molecular flexibility index (Phi) is 5.53. The summed E-state index contributed by atoms with van der Waals surface area (Å²) in [7, 11) is 0. The van der Waals surface area contributed by atoms with Crippen molar-refractivity contribution in [2.45, 2.75) is 77.9 Å². The highest BCUT2D eigenvalue weighted by Gasteiger charge is 2.33. The molecule has 0 aromatic carbocycles. The molecule has 1 aliphatic rings. The Hall–Kier alpha value is -0.900. The van der Waals surface area contributed by atoms with Crippen LogP contribution in [0.15, 0.2) is 0 Å². The Morgan fingerprint density at radius 3 is 2.58 bits per heavy atom. The Balaban J connectivity index is 2.63. The summed E-state index contributed by atoms with van der Waals surface area (Å²) in [5.74, 6) is 0.278. The summed E-state index contributed by atoms with van der Waals surface area (Å²) >= 11 is 0. The molecule has 1 heterocycles. The van der Waals surface area contributed by atoms with Crippen LogP contribution >= 0.6 is 0 Å². The molecule has 0 saturated carbocycles. The molecule has 4 heteroatoms. The van der Waals surface area contributed by atoms with E-state index >= 15 is 0 Å². The maximum absolute atomic E-state index is 12.3. The van der Waals surface area contributed by atoms with Crippen molar-refractivity contribution in [1.82, 2.24) is 10.2 Å². The van der Waals surface area contributed by atoms with Crippen LogP contribution < -0.4 is 5.32 Å². The first kappa shape index (κ1) is 16.2. The predicted molar refractivity (Wildman–Crippen MR) is 77.0 cm³/mol. The molecule has 110 valence electrons. The van der Waals surface area contributed by atoms with Crippen molar-refractivity contribution < 1.29 is 9.59 Å². The standard InChI is InChI=1S/C15H28N2O2/c1-6-15(4,5)16-14(19)12(3)17-9-7-8-13(17)10-11(2)18/h12-13H,6-10H2,1-5H3,(H,16,19). The van der Waals surface area contributed by atoms with Crippen LogP contribution in [0.2, 0.25) is 0 Å². The first-order valence-corrected chi connectivity index (χ1v) is 7.34. The molecule has 19 heavy (non-hydrogen) atoms. The first-order chi connectivity index (χ1) is 8.76. The summed E-state index contributed by atoms with van der Waals surface area (Å²) in [4.78, 5) is 25.8. The van der Waals surface area contributed by atoms with E-state index in [4.69, 9.17) is 0 Å². The van der Waals surface area contributed by atoms with E-state index in [1.165, 1.54) is 0 Å². The number of nitrogens with one attached hydrogen (secondary N) is 1. The van der Waals surface area contributed by atoms with Gasteiger partial charge in [0.1, 0.15) is 5.78 Å². The van der Waals surface area contributed by atoms with Gasteiger partial charge in [-0.2, -0.15) is 0 Å². The average molecular weight is 268 g/mol. The van der Waals surface area contributed by atoms with Gasteiger partial charge >= 0.3 is 0 Å². The summed E-state index contributed by atoms with van der Waals surface area (Å²) in [6, 6.07) is 0.0839. The van der Waals surface area contributed by atoms with Gasteiger partial charge in [0.15, 0.2) is 0 Å². The number of carbonyl (C=O) groups excluding carboxylic acids is 2. The number of hydrogen-bond acceptors (Lipinski definition) is 3. The van der Waals surface area contributed by atoms with Crippen LogP contribution in [0.5, 0.6) is 0 Å². The lowest BCUT2D eigenvalue weighted by Gasteiger charge is -2.33. The monoisotopic (exact) mass is 268 g/mol. The molecule has 0 aliphatic carbocycles. The molecule has 1 amide bonds. The number of hydrogen-bond donors (Lipinski definition) is 1. The van der Waals surface area contributed by atoms with Gasteiger partial charge in [0.2, 0.25) is 5.91 Å². The second-order valence-corrected chi connectivity index (χ2v) is 6.34. The summed E-state index contributed by atoms with van der Waals surface area (Å²) in [5, 5.41) is 3.09. The molecule has 0 aromatic rings. The molecule has 1 N–H and O–H groups in total. The summed E-state index contributed by atoms with van der Waals surface area (Å²) in [6.07, 6.45) is 3.57. The smallest absolute Gasteiger partial charge is 0.237 e. The number of nitrogens with zero attached hydrogens (tertiary/aromatic N) is 1. The van der Waals surface area contributed by atoms with Gasteiger partial charge in [-0.3, -0.25) is 14.5 Å². The topological polar surface area (TPSA) is 49.4 Å². The van der Waals surface area contributed by atoms with Gasteiger partial charge in [-0.05, 0) is 53.5 Å². The minimum atomic E-state index is -0.166. The first-order valence-electron chi connectivity index (χ1n) is 7.34. The van der Waals surface area contributed by atoms with Crippen molar-refractivity contribution in [3.63, 3.8) is 0 Å². The molecule has 2 atom stereocenters. The lowest BCUT2D eigenvalue weighted by atomic mass is 10.0. The summed E-state index contributed by atoms with van der Waals surface area (Å²) < 4.78 is 0. The second kappa shape index (κ2) is 6.51. The van der Waals surface area contributed by atoms with Crippen molar-refractivity contribution in [3.8, 4) is 0 Å². The van der Waals surface area contributed by atoms with Gasteiger partial charge in [0, 0.05) is 18.0 Å². The highest BCUT2D eigenvalue weighted by Crippen LogP contribution is 2.23. The van der Waals surface area contributed by atoms with Crippen molar-refractivity contribution >= 4 is 11.7 Å². The predicted octanol–water partition coefficient (Wildman–Crippen LogP) is 2.12. The number of ketones is 1. The molecule has 1 rings (SSSR count). The number of amides is 1. The van der Waals surface area contributed by atoms with E-state index in [9.17, 15) is 9.59 Å². The van der Waals surface area contributed by atoms with Crippen LogP contribution in [0.4, 0.5) is 0 Å². The van der Waals surface area contributed by atoms with Crippen LogP contribution in [0.1, 0.15) is 60.3 Å². The molecular weight excluding hydrogens is 240 g/mol. The summed E-state index contributed by atoms with van der Waals surface area (Å²) in [5.41, 5.74) is -0.166. The molecular formula is C15H28N2O2. The normalized spacial score (nSPS) is 22.3. The number of likely N-dealkylation sites (tertiary alicyclic amines) is 1. The van der Waals surface area contributed by atoms with Crippen LogP contribution in [-0.2, 0) is 9.59 Å². The van der Waals surface area contributed by atoms with Crippen LogP contribution in [0, 0.1) is 0 Å². The minimum absolute atomic E-state index is 0.0716. The van der Waals surface area contributed by atoms with E-state index in [0.29, 0.717) is 6.42 Å². The molecule has 0 spiro atoms. The zero-order chi connectivity index (χ0) is 14.6. The quantitative estimate of drug-likeness (QED) is 0.803. The lowest BCUT2D eigenvalue weighted by Crippen LogP contribution is -2.53. The number of carbonyl (C=O) groups is 2. The Bertz CT molecular complexity index is 339. The molecule has 4 nitrogen and oxygen atoms in total. The maximum Gasteiger partial charge on any atom is 0.237 e. The van der Waals surface area contributed by atoms with Crippen LogP contribution in [0.3, 0.4) is 0 Å². The second-order valence-electron chi connectivity index (χ2n) is 6.34. The Morgan fingerprint density at radius 1 is 1.42 bits per heavy atom. The minimum Gasteiger partial charge on any atom is -0.350 e. The zero-order valence-corrected chi connectivity index (χ0v) is 13.0. The SMILES string of the molecule is CCC(C)(C)NC(=O)C(C)N1CCCC1CC(C)=O. The van der Waals surface area contributed by atoms with Crippen LogP contribution in [-0.4, -0.2) is 40.8 Å². The Labute approximate surface area is 116 Å². The maximum atomic E-state index is 12.3. The Morgan fingerprint density at radius 2 is 2.05 bits per heavy atom. The van der Waals surface area contributed by atoms with Crippen LogP contribution in [0.25, 0.3) is 0 Å². The fraction of sp³-hybridized carbons (Fsp3) is 0.867. The van der Waals surface area contributed by atoms with E-state index in [1.807, 2.05) is 20.8 Å². The van der Waals surface area contributed by atoms with Crippen molar-refractivity contribution in [2.75, 3.05) is 6.54 Å². The molecule has 1 fully saturated rings. The fourth-order valence-corrected chi connectivity index (χ4v) is 2.60. The van der Waals surface area contributed by atoms with E-state index in [-0.39, 0.29) is 29.3 Å². The molecule has 2 unspecified atom stereocenters. The highest BCUT2D eigenvalue weighted by molar-refractivity contribution is 5.82.